The first kappa shape index (κ1) is 13.4. The lowest BCUT2D eigenvalue weighted by Gasteiger charge is -2.15. The van der Waals surface area contributed by atoms with E-state index in [1.165, 1.54) is 23.5 Å². The van der Waals surface area contributed by atoms with Crippen LogP contribution in [0.1, 0.15) is 6.42 Å². The molecule has 0 aromatic carbocycles. The molecule has 7 heteroatoms. The van der Waals surface area contributed by atoms with Crippen LogP contribution in [0.3, 0.4) is 0 Å². The van der Waals surface area contributed by atoms with Crippen LogP contribution in [0.25, 0.3) is 0 Å². The molecule has 0 aromatic heterocycles. The highest BCUT2D eigenvalue weighted by molar-refractivity contribution is 8.11. The summed E-state index contributed by atoms with van der Waals surface area (Å²) in [5.74, 6) is 0.0387. The molecule has 5 nitrogen and oxygen atoms in total. The van der Waals surface area contributed by atoms with E-state index in [1.54, 1.807) is 0 Å². The fourth-order valence-electron chi connectivity index (χ4n) is 1.11. The molecule has 1 amide bonds. The van der Waals surface area contributed by atoms with E-state index in [0.29, 0.717) is 18.7 Å². The molecular weight excluding hydrogens is 250 g/mol. The topological polar surface area (TPSA) is 86.6 Å². The van der Waals surface area contributed by atoms with Crippen molar-refractivity contribution in [1.29, 1.82) is 0 Å². The Morgan fingerprint density at radius 1 is 1.25 bits per heavy atom. The Hall–Kier alpha value is -0.660. The Morgan fingerprint density at radius 2 is 1.88 bits per heavy atom. The molecule has 0 bridgehead atoms. The van der Waals surface area contributed by atoms with Gasteiger partial charge in [-0.15, -0.1) is 23.5 Å². The van der Waals surface area contributed by atoms with E-state index < -0.39 is 5.97 Å². The predicted octanol–water partition coefficient (Wildman–Crippen LogP) is 0.261. The minimum absolute atomic E-state index is 0.00695. The molecule has 1 aliphatic heterocycles. The molecule has 1 aliphatic rings. The molecule has 0 spiro atoms. The number of thioether (sulfide) groups is 2. The van der Waals surface area contributed by atoms with Gasteiger partial charge in [0.2, 0.25) is 0 Å². The van der Waals surface area contributed by atoms with Crippen molar-refractivity contribution in [3.05, 3.63) is 9.81 Å². The van der Waals surface area contributed by atoms with Crippen LogP contribution in [0.5, 0.6) is 0 Å². The molecule has 0 fully saturated rings. The maximum atomic E-state index is 11.6. The SMILES string of the molecule is O=C(O)C1=C(C(=O)NCCCO)SCCS1. The van der Waals surface area contributed by atoms with Crippen molar-refractivity contribution in [3.8, 4) is 0 Å². The average molecular weight is 263 g/mol. The summed E-state index contributed by atoms with van der Waals surface area (Å²) in [6.07, 6.45) is 0.471. The van der Waals surface area contributed by atoms with Crippen LogP contribution in [0.2, 0.25) is 0 Å². The normalized spacial score (nSPS) is 16.1. The van der Waals surface area contributed by atoms with Gasteiger partial charge in [0.25, 0.3) is 5.91 Å². The minimum atomic E-state index is -1.05. The summed E-state index contributed by atoms with van der Waals surface area (Å²) in [5.41, 5.74) is 0. The van der Waals surface area contributed by atoms with E-state index >= 15 is 0 Å². The highest BCUT2D eigenvalue weighted by Crippen LogP contribution is 2.34. The Balaban J connectivity index is 2.66. The number of rotatable bonds is 5. The summed E-state index contributed by atoms with van der Waals surface area (Å²) >= 11 is 2.47. The zero-order valence-electron chi connectivity index (χ0n) is 8.56. The third-order valence-corrected chi connectivity index (χ3v) is 4.35. The van der Waals surface area contributed by atoms with Crippen LogP contribution in [0.15, 0.2) is 9.81 Å². The van der Waals surface area contributed by atoms with Gasteiger partial charge in [-0.25, -0.2) is 4.79 Å². The Kier molecular flexibility index (Phi) is 5.72. The molecular formula is C9H13NO4S2. The zero-order chi connectivity index (χ0) is 12.0. The van der Waals surface area contributed by atoms with E-state index in [2.05, 4.69) is 5.32 Å². The molecule has 0 aliphatic carbocycles. The standard InChI is InChI=1S/C9H13NO4S2/c11-3-1-2-10-8(12)6-7(9(13)14)16-5-4-15-6/h11H,1-5H2,(H,10,12)(H,13,14). The van der Waals surface area contributed by atoms with Crippen molar-refractivity contribution in [2.75, 3.05) is 24.7 Å². The summed E-state index contributed by atoms with van der Waals surface area (Å²) in [4.78, 5) is 22.9. The molecule has 1 rings (SSSR count). The van der Waals surface area contributed by atoms with Gasteiger partial charge < -0.3 is 15.5 Å². The van der Waals surface area contributed by atoms with E-state index in [-0.39, 0.29) is 22.3 Å². The predicted molar refractivity (Wildman–Crippen MR) is 64.3 cm³/mol. The molecule has 3 N–H and O–H groups in total. The summed E-state index contributed by atoms with van der Waals surface area (Å²) in [5, 5.41) is 20.1. The summed E-state index contributed by atoms with van der Waals surface area (Å²) in [7, 11) is 0. The summed E-state index contributed by atoms with van der Waals surface area (Å²) in [6.45, 7) is 0.365. The van der Waals surface area contributed by atoms with Crippen molar-refractivity contribution in [2.45, 2.75) is 6.42 Å². The summed E-state index contributed by atoms with van der Waals surface area (Å²) < 4.78 is 0. The van der Waals surface area contributed by atoms with E-state index in [4.69, 9.17) is 10.2 Å². The molecule has 0 saturated heterocycles. The van der Waals surface area contributed by atoms with Crippen molar-refractivity contribution in [1.82, 2.24) is 5.32 Å². The number of aliphatic carboxylic acids is 1. The van der Waals surface area contributed by atoms with Gasteiger partial charge in [0.1, 0.15) is 4.91 Å². The van der Waals surface area contributed by atoms with Crippen molar-refractivity contribution < 1.29 is 19.8 Å². The first-order chi connectivity index (χ1) is 7.66. The molecule has 0 atom stereocenters. The van der Waals surface area contributed by atoms with Gasteiger partial charge in [-0.2, -0.15) is 0 Å². The second-order valence-electron chi connectivity index (χ2n) is 2.99. The number of carboxylic acid groups (broad SMARTS) is 1. The van der Waals surface area contributed by atoms with Crippen molar-refractivity contribution in [2.24, 2.45) is 0 Å². The second-order valence-corrected chi connectivity index (χ2v) is 5.20. The monoisotopic (exact) mass is 263 g/mol. The quantitative estimate of drug-likeness (QED) is 0.617. The van der Waals surface area contributed by atoms with Crippen molar-refractivity contribution >= 4 is 35.4 Å². The van der Waals surface area contributed by atoms with Gasteiger partial charge in [-0.1, -0.05) is 0 Å². The van der Waals surface area contributed by atoms with Gasteiger partial charge in [-0.05, 0) is 6.42 Å². The molecule has 90 valence electrons. The fourth-order valence-corrected chi connectivity index (χ4v) is 3.30. The van der Waals surface area contributed by atoms with Crippen LogP contribution >= 0.6 is 23.5 Å². The van der Waals surface area contributed by atoms with Gasteiger partial charge in [0.15, 0.2) is 0 Å². The maximum Gasteiger partial charge on any atom is 0.343 e. The third-order valence-electron chi connectivity index (χ3n) is 1.80. The molecule has 0 unspecified atom stereocenters. The lowest BCUT2D eigenvalue weighted by atomic mass is 10.4. The van der Waals surface area contributed by atoms with Gasteiger partial charge in [0, 0.05) is 24.7 Å². The molecule has 0 radical (unpaired) electrons. The second kappa shape index (κ2) is 6.82. The third kappa shape index (κ3) is 3.73. The van der Waals surface area contributed by atoms with E-state index in [9.17, 15) is 9.59 Å². The number of hydrogen-bond donors (Lipinski definition) is 3. The molecule has 1 heterocycles. The number of amides is 1. The van der Waals surface area contributed by atoms with Crippen LogP contribution in [-0.4, -0.2) is 46.7 Å². The number of carbonyl (C=O) groups excluding carboxylic acids is 1. The van der Waals surface area contributed by atoms with Crippen LogP contribution in [0.4, 0.5) is 0 Å². The number of nitrogens with one attached hydrogen (secondary N) is 1. The zero-order valence-corrected chi connectivity index (χ0v) is 10.2. The van der Waals surface area contributed by atoms with E-state index in [1.807, 2.05) is 0 Å². The highest BCUT2D eigenvalue weighted by Gasteiger charge is 2.24. The van der Waals surface area contributed by atoms with Gasteiger partial charge in [0.05, 0.1) is 4.91 Å². The minimum Gasteiger partial charge on any atom is -0.477 e. The van der Waals surface area contributed by atoms with Crippen LogP contribution < -0.4 is 5.32 Å². The lowest BCUT2D eigenvalue weighted by molar-refractivity contribution is -0.132. The molecule has 0 saturated carbocycles. The Morgan fingerprint density at radius 3 is 2.44 bits per heavy atom. The van der Waals surface area contributed by atoms with E-state index in [0.717, 1.165) is 5.75 Å². The number of aliphatic hydroxyl groups excluding tert-OH is 1. The molecule has 16 heavy (non-hydrogen) atoms. The maximum absolute atomic E-state index is 11.6. The van der Waals surface area contributed by atoms with Crippen molar-refractivity contribution in [3.63, 3.8) is 0 Å². The molecule has 0 aromatic rings. The Labute approximate surface area is 102 Å². The first-order valence-electron chi connectivity index (χ1n) is 4.79. The largest absolute Gasteiger partial charge is 0.477 e. The number of carbonyl (C=O) groups is 2. The van der Waals surface area contributed by atoms with Crippen LogP contribution in [-0.2, 0) is 9.59 Å². The lowest BCUT2D eigenvalue weighted by Crippen LogP contribution is -2.28. The highest BCUT2D eigenvalue weighted by atomic mass is 32.2. The smallest absolute Gasteiger partial charge is 0.343 e. The van der Waals surface area contributed by atoms with Gasteiger partial charge >= 0.3 is 5.97 Å². The number of hydrogen-bond acceptors (Lipinski definition) is 5. The summed E-state index contributed by atoms with van der Waals surface area (Å²) in [6, 6.07) is 0. The number of carboxylic acids is 1. The first-order valence-corrected chi connectivity index (χ1v) is 6.76. The Bertz CT molecular complexity index is 317. The fraction of sp³-hybridized carbons (Fsp3) is 0.556. The number of aliphatic hydroxyl groups is 1. The average Bonchev–Trinajstić information content (AvgIpc) is 2.29. The van der Waals surface area contributed by atoms with Gasteiger partial charge in [-0.3, -0.25) is 4.79 Å². The van der Waals surface area contributed by atoms with Crippen LogP contribution in [0, 0.1) is 0 Å².